The van der Waals surface area contributed by atoms with Crippen LogP contribution in [0.4, 0.5) is 0 Å². The van der Waals surface area contributed by atoms with E-state index in [0.29, 0.717) is 12.8 Å². The molecular weight excluding hydrogens is 318 g/mol. The summed E-state index contributed by atoms with van der Waals surface area (Å²) in [5.41, 5.74) is 0. The van der Waals surface area contributed by atoms with Gasteiger partial charge >= 0.3 is 5.97 Å². The molecule has 0 bridgehead atoms. The first-order valence-electron chi connectivity index (χ1n) is 6.75. The fraction of sp³-hybridized carbons (Fsp3) is 0.667. The molecule has 0 spiro atoms. The Morgan fingerprint density at radius 2 is 2.10 bits per heavy atom. The van der Waals surface area contributed by atoms with Gasteiger partial charge in [0.05, 0.1) is 11.2 Å². The summed E-state index contributed by atoms with van der Waals surface area (Å²) in [7, 11) is -2.59. The molecule has 1 saturated carbocycles. The van der Waals surface area contributed by atoms with Crippen LogP contribution in [0.5, 0.6) is 0 Å². The second-order valence-corrected chi connectivity index (χ2v) is 7.29. The first-order valence-corrected chi connectivity index (χ1v) is 8.61. The van der Waals surface area contributed by atoms with Gasteiger partial charge in [-0.1, -0.05) is 30.9 Å². The molecule has 7 nitrogen and oxygen atoms in total. The molecule has 1 aromatic rings. The van der Waals surface area contributed by atoms with Gasteiger partial charge in [0.15, 0.2) is 5.03 Å². The van der Waals surface area contributed by atoms with Crippen LogP contribution in [0, 0.1) is 5.92 Å². The van der Waals surface area contributed by atoms with Crippen LogP contribution in [0.2, 0.25) is 5.02 Å². The molecule has 21 heavy (non-hydrogen) atoms. The summed E-state index contributed by atoms with van der Waals surface area (Å²) >= 11 is 5.83. The molecule has 0 saturated heterocycles. The van der Waals surface area contributed by atoms with Crippen LogP contribution < -0.4 is 4.72 Å². The van der Waals surface area contributed by atoms with E-state index in [1.807, 2.05) is 0 Å². The Balaban J connectivity index is 2.25. The molecule has 2 N–H and O–H groups in total. The number of aliphatic carboxylic acids is 1. The molecule has 1 aliphatic carbocycles. The summed E-state index contributed by atoms with van der Waals surface area (Å²) in [5, 5.41) is 12.9. The molecule has 1 atom stereocenters. The second kappa shape index (κ2) is 6.33. The van der Waals surface area contributed by atoms with Gasteiger partial charge < -0.3 is 5.11 Å². The smallest absolute Gasteiger partial charge is 0.322 e. The largest absolute Gasteiger partial charge is 0.480 e. The van der Waals surface area contributed by atoms with Crippen LogP contribution in [-0.2, 0) is 21.9 Å². The lowest BCUT2D eigenvalue weighted by atomic mass is 9.84. The monoisotopic (exact) mass is 335 g/mol. The third kappa shape index (κ3) is 3.56. The summed E-state index contributed by atoms with van der Waals surface area (Å²) in [4.78, 5) is 11.4. The number of hydrogen-bond donors (Lipinski definition) is 2. The van der Waals surface area contributed by atoms with Gasteiger partial charge in [-0.05, 0) is 18.8 Å². The van der Waals surface area contributed by atoms with E-state index in [2.05, 4.69) is 9.82 Å². The number of rotatable bonds is 5. The van der Waals surface area contributed by atoms with E-state index in [9.17, 15) is 18.3 Å². The molecule has 1 aliphatic rings. The number of sulfonamides is 1. The van der Waals surface area contributed by atoms with Crippen molar-refractivity contribution in [3.63, 3.8) is 0 Å². The van der Waals surface area contributed by atoms with Crippen molar-refractivity contribution in [3.8, 4) is 0 Å². The number of carboxylic acids is 1. The van der Waals surface area contributed by atoms with Crippen LogP contribution in [0.3, 0.4) is 0 Å². The van der Waals surface area contributed by atoms with Gasteiger partial charge in [0.1, 0.15) is 6.04 Å². The molecule has 0 aromatic carbocycles. The first-order chi connectivity index (χ1) is 9.83. The van der Waals surface area contributed by atoms with Gasteiger partial charge in [-0.15, -0.1) is 0 Å². The van der Waals surface area contributed by atoms with Gasteiger partial charge in [0.2, 0.25) is 0 Å². The summed E-state index contributed by atoms with van der Waals surface area (Å²) in [5.74, 6) is -1.36. The van der Waals surface area contributed by atoms with E-state index in [1.54, 1.807) is 0 Å². The lowest BCUT2D eigenvalue weighted by Gasteiger charge is -2.27. The lowest BCUT2D eigenvalue weighted by molar-refractivity contribution is -0.140. The Bertz CT molecular complexity index is 603. The van der Waals surface area contributed by atoms with Crippen LogP contribution in [0.15, 0.2) is 11.2 Å². The first kappa shape index (κ1) is 16.3. The maximum atomic E-state index is 12.4. The number of hydrogen-bond acceptors (Lipinski definition) is 4. The number of aromatic nitrogens is 2. The van der Waals surface area contributed by atoms with E-state index in [0.717, 1.165) is 23.9 Å². The predicted octanol–water partition coefficient (Wildman–Crippen LogP) is 1.39. The van der Waals surface area contributed by atoms with Crippen molar-refractivity contribution in [2.45, 2.75) is 43.2 Å². The molecule has 0 aliphatic heterocycles. The highest BCUT2D eigenvalue weighted by Crippen LogP contribution is 2.28. The third-order valence-electron chi connectivity index (χ3n) is 3.77. The second-order valence-electron chi connectivity index (χ2n) is 5.26. The summed E-state index contributed by atoms with van der Waals surface area (Å²) in [6, 6.07) is -1.14. The highest BCUT2D eigenvalue weighted by atomic mass is 35.5. The van der Waals surface area contributed by atoms with Gasteiger partial charge in [0.25, 0.3) is 10.0 Å². The fourth-order valence-corrected chi connectivity index (χ4v) is 4.65. The molecule has 9 heteroatoms. The van der Waals surface area contributed by atoms with Crippen LogP contribution in [-0.4, -0.2) is 35.3 Å². The van der Waals surface area contributed by atoms with Crippen molar-refractivity contribution in [2.75, 3.05) is 0 Å². The van der Waals surface area contributed by atoms with Gasteiger partial charge in [-0.3, -0.25) is 9.48 Å². The highest BCUT2D eigenvalue weighted by molar-refractivity contribution is 7.89. The Labute approximate surface area is 128 Å². The van der Waals surface area contributed by atoms with Gasteiger partial charge in [-0.2, -0.15) is 9.82 Å². The maximum absolute atomic E-state index is 12.4. The average Bonchev–Trinajstić information content (AvgIpc) is 2.77. The van der Waals surface area contributed by atoms with Crippen molar-refractivity contribution in [1.82, 2.24) is 14.5 Å². The minimum atomic E-state index is -4.03. The van der Waals surface area contributed by atoms with Crippen molar-refractivity contribution in [2.24, 2.45) is 13.0 Å². The zero-order valence-corrected chi connectivity index (χ0v) is 13.2. The zero-order chi connectivity index (χ0) is 15.6. The van der Waals surface area contributed by atoms with E-state index in [4.69, 9.17) is 11.6 Å². The molecule has 118 valence electrons. The average molecular weight is 336 g/mol. The lowest BCUT2D eigenvalue weighted by Crippen LogP contribution is -2.46. The quantitative estimate of drug-likeness (QED) is 0.846. The van der Waals surface area contributed by atoms with E-state index in [1.165, 1.54) is 13.2 Å². The third-order valence-corrected chi connectivity index (χ3v) is 5.71. The SMILES string of the molecule is Cn1ncc(Cl)c1S(=O)(=O)NC(C(=O)O)C1CCCCC1. The Kier molecular flexibility index (Phi) is 4.90. The van der Waals surface area contributed by atoms with Crippen LogP contribution in [0.1, 0.15) is 32.1 Å². The molecule has 0 radical (unpaired) electrons. The molecule has 2 rings (SSSR count). The zero-order valence-electron chi connectivity index (χ0n) is 11.6. The molecule has 1 fully saturated rings. The molecule has 0 amide bonds. The van der Waals surface area contributed by atoms with Gasteiger partial charge in [-0.25, -0.2) is 8.42 Å². The van der Waals surface area contributed by atoms with Crippen molar-refractivity contribution in [3.05, 3.63) is 11.2 Å². The van der Waals surface area contributed by atoms with Crippen LogP contribution >= 0.6 is 11.6 Å². The maximum Gasteiger partial charge on any atom is 0.322 e. The standard InChI is InChI=1S/C12H18ClN3O4S/c1-16-11(9(13)7-14-16)21(19,20)15-10(12(17)18)8-5-3-2-4-6-8/h7-8,10,15H,2-6H2,1H3,(H,17,18). The Hall–Kier alpha value is -1.12. The van der Waals surface area contributed by atoms with E-state index in [-0.39, 0.29) is 16.0 Å². The van der Waals surface area contributed by atoms with Crippen LogP contribution in [0.25, 0.3) is 0 Å². The fourth-order valence-electron chi connectivity index (χ4n) is 2.74. The van der Waals surface area contributed by atoms with E-state index >= 15 is 0 Å². The Morgan fingerprint density at radius 3 is 2.57 bits per heavy atom. The molecule has 1 unspecified atom stereocenters. The van der Waals surface area contributed by atoms with E-state index < -0.39 is 22.0 Å². The number of carboxylic acid groups (broad SMARTS) is 1. The minimum Gasteiger partial charge on any atom is -0.480 e. The van der Waals surface area contributed by atoms with Gasteiger partial charge in [0, 0.05) is 7.05 Å². The summed E-state index contributed by atoms with van der Waals surface area (Å²) < 4.78 is 28.1. The molecule has 1 aromatic heterocycles. The van der Waals surface area contributed by atoms with Crippen molar-refractivity contribution < 1.29 is 18.3 Å². The number of nitrogens with one attached hydrogen (secondary N) is 1. The Morgan fingerprint density at radius 1 is 1.48 bits per heavy atom. The molecular formula is C12H18ClN3O4S. The number of nitrogens with zero attached hydrogens (tertiary/aromatic N) is 2. The molecule has 1 heterocycles. The predicted molar refractivity (Wildman–Crippen MR) is 76.5 cm³/mol. The summed E-state index contributed by atoms with van der Waals surface area (Å²) in [6.07, 6.45) is 5.53. The van der Waals surface area contributed by atoms with Crippen molar-refractivity contribution in [1.29, 1.82) is 0 Å². The summed E-state index contributed by atoms with van der Waals surface area (Å²) in [6.45, 7) is 0. The normalized spacial score (nSPS) is 18.6. The number of halogens is 1. The van der Waals surface area contributed by atoms with Crippen molar-refractivity contribution >= 4 is 27.6 Å². The topological polar surface area (TPSA) is 101 Å². The minimum absolute atomic E-state index is 0.0298. The number of aryl methyl sites for hydroxylation is 1. The number of carbonyl (C=O) groups is 1. The highest BCUT2D eigenvalue weighted by Gasteiger charge is 2.35.